The van der Waals surface area contributed by atoms with Crippen molar-refractivity contribution in [2.75, 3.05) is 13.7 Å². The predicted octanol–water partition coefficient (Wildman–Crippen LogP) is 2.17. The number of aromatic hydroxyl groups is 1. The van der Waals surface area contributed by atoms with Gasteiger partial charge < -0.3 is 9.84 Å². The Bertz CT molecular complexity index is 394. The predicted molar refractivity (Wildman–Crippen MR) is 60.7 cm³/mol. The molecule has 0 aliphatic heterocycles. The van der Waals surface area contributed by atoms with Crippen LogP contribution in [0, 0.1) is 5.92 Å². The minimum atomic E-state index is 0.0803. The van der Waals surface area contributed by atoms with Gasteiger partial charge >= 0.3 is 0 Å². The molecule has 1 aliphatic rings. The van der Waals surface area contributed by atoms with Crippen molar-refractivity contribution in [1.29, 1.82) is 0 Å². The number of methoxy groups -OCH3 is 1. The van der Waals surface area contributed by atoms with Crippen LogP contribution in [0.25, 0.3) is 0 Å². The van der Waals surface area contributed by atoms with Crippen molar-refractivity contribution < 1.29 is 14.6 Å². The van der Waals surface area contributed by atoms with E-state index in [1.54, 1.807) is 19.2 Å². The van der Waals surface area contributed by atoms with Gasteiger partial charge in [0.25, 0.3) is 0 Å². The highest BCUT2D eigenvalue weighted by atomic mass is 16.5. The van der Waals surface area contributed by atoms with Gasteiger partial charge in [0, 0.05) is 13.0 Å². The number of phenolic OH excluding ortho intramolecular Hbond substituents is 1. The summed E-state index contributed by atoms with van der Waals surface area (Å²) in [7, 11) is 1.65. The van der Waals surface area contributed by atoms with E-state index in [0.29, 0.717) is 12.2 Å². The van der Waals surface area contributed by atoms with Crippen molar-refractivity contribution in [1.82, 2.24) is 0 Å². The fourth-order valence-corrected chi connectivity index (χ4v) is 1.72. The molecule has 0 spiro atoms. The van der Waals surface area contributed by atoms with E-state index < -0.39 is 0 Å². The molecule has 1 N–H and O–H groups in total. The Morgan fingerprint density at radius 3 is 2.88 bits per heavy atom. The first kappa shape index (κ1) is 11.1. The maximum Gasteiger partial charge on any atom is 0.169 e. The van der Waals surface area contributed by atoms with Crippen molar-refractivity contribution in [2.24, 2.45) is 5.92 Å². The summed E-state index contributed by atoms with van der Waals surface area (Å²) in [4.78, 5) is 11.9. The van der Waals surface area contributed by atoms with Crippen LogP contribution in [0.5, 0.6) is 5.75 Å². The van der Waals surface area contributed by atoms with Gasteiger partial charge in [0.15, 0.2) is 5.78 Å². The molecule has 0 saturated heterocycles. The highest BCUT2D eigenvalue weighted by Crippen LogP contribution is 2.35. The number of benzene rings is 1. The van der Waals surface area contributed by atoms with Gasteiger partial charge in [-0.25, -0.2) is 0 Å². The third kappa shape index (κ3) is 2.42. The first-order valence-electron chi connectivity index (χ1n) is 5.57. The topological polar surface area (TPSA) is 46.5 Å². The standard InChI is InChI=1S/C13H16O3/c1-16-7-6-9-2-5-12(14)11(8-9)13(15)10-3-4-10/h2,5,8,10,14H,3-4,6-7H2,1H3. The maximum atomic E-state index is 11.9. The fourth-order valence-electron chi connectivity index (χ4n) is 1.72. The second-order valence-corrected chi connectivity index (χ2v) is 4.23. The quantitative estimate of drug-likeness (QED) is 0.773. The Kier molecular flexibility index (Phi) is 3.25. The summed E-state index contributed by atoms with van der Waals surface area (Å²) in [5.41, 5.74) is 1.50. The van der Waals surface area contributed by atoms with Crippen LogP contribution >= 0.6 is 0 Å². The van der Waals surface area contributed by atoms with Crippen molar-refractivity contribution in [2.45, 2.75) is 19.3 Å². The zero-order chi connectivity index (χ0) is 11.5. The molecule has 0 atom stereocenters. The molecule has 0 radical (unpaired) electrons. The van der Waals surface area contributed by atoms with Gasteiger partial charge in [-0.2, -0.15) is 0 Å². The van der Waals surface area contributed by atoms with Crippen LogP contribution in [0.4, 0.5) is 0 Å². The van der Waals surface area contributed by atoms with Gasteiger partial charge in [0.1, 0.15) is 5.75 Å². The molecule has 2 rings (SSSR count). The first-order chi connectivity index (χ1) is 7.72. The van der Waals surface area contributed by atoms with Crippen molar-refractivity contribution in [3.63, 3.8) is 0 Å². The number of carbonyl (C=O) groups excluding carboxylic acids is 1. The molecule has 3 heteroatoms. The molecule has 3 nitrogen and oxygen atoms in total. The molecule has 16 heavy (non-hydrogen) atoms. The minimum Gasteiger partial charge on any atom is -0.507 e. The van der Waals surface area contributed by atoms with E-state index in [9.17, 15) is 9.90 Å². The molecule has 1 aromatic carbocycles. The third-order valence-electron chi connectivity index (χ3n) is 2.87. The van der Waals surface area contributed by atoms with Gasteiger partial charge in [-0.1, -0.05) is 6.07 Å². The second kappa shape index (κ2) is 4.66. The normalized spacial score (nSPS) is 15.1. The number of hydrogen-bond donors (Lipinski definition) is 1. The third-order valence-corrected chi connectivity index (χ3v) is 2.87. The number of ketones is 1. The summed E-state index contributed by atoms with van der Waals surface area (Å²) in [6, 6.07) is 5.22. The second-order valence-electron chi connectivity index (χ2n) is 4.23. The molecule has 0 bridgehead atoms. The Balaban J connectivity index is 2.18. The minimum absolute atomic E-state index is 0.0803. The summed E-state index contributed by atoms with van der Waals surface area (Å²) in [5.74, 6) is 0.318. The molecular weight excluding hydrogens is 204 g/mol. The largest absolute Gasteiger partial charge is 0.507 e. The van der Waals surface area contributed by atoms with Crippen LogP contribution in [0.15, 0.2) is 18.2 Å². The monoisotopic (exact) mass is 220 g/mol. The molecular formula is C13H16O3. The van der Waals surface area contributed by atoms with Gasteiger partial charge in [-0.3, -0.25) is 4.79 Å². The van der Waals surface area contributed by atoms with Crippen molar-refractivity contribution >= 4 is 5.78 Å². The number of hydrogen-bond acceptors (Lipinski definition) is 3. The molecule has 0 heterocycles. The zero-order valence-electron chi connectivity index (χ0n) is 9.40. The Morgan fingerprint density at radius 2 is 2.25 bits per heavy atom. The van der Waals surface area contributed by atoms with Crippen molar-refractivity contribution in [3.05, 3.63) is 29.3 Å². The number of phenols is 1. The Hall–Kier alpha value is -1.35. The SMILES string of the molecule is COCCc1ccc(O)c(C(=O)C2CC2)c1. The van der Waals surface area contributed by atoms with E-state index in [1.807, 2.05) is 6.07 Å². The average Bonchev–Trinajstić information content (AvgIpc) is 3.11. The Morgan fingerprint density at radius 1 is 1.50 bits per heavy atom. The molecule has 0 aromatic heterocycles. The van der Waals surface area contributed by atoms with Crippen LogP contribution in [0.2, 0.25) is 0 Å². The van der Waals surface area contributed by atoms with E-state index in [4.69, 9.17) is 4.74 Å². The van der Waals surface area contributed by atoms with Crippen LogP contribution < -0.4 is 0 Å². The van der Waals surface area contributed by atoms with Crippen LogP contribution in [-0.2, 0) is 11.2 Å². The zero-order valence-corrected chi connectivity index (χ0v) is 9.40. The number of rotatable bonds is 5. The van der Waals surface area contributed by atoms with Crippen LogP contribution in [0.1, 0.15) is 28.8 Å². The number of carbonyl (C=O) groups is 1. The lowest BCUT2D eigenvalue weighted by atomic mass is 10.0. The fraction of sp³-hybridized carbons (Fsp3) is 0.462. The lowest BCUT2D eigenvalue weighted by Crippen LogP contribution is -2.03. The average molecular weight is 220 g/mol. The summed E-state index contributed by atoms with van der Waals surface area (Å²) in [6.07, 6.45) is 2.68. The van der Waals surface area contributed by atoms with Gasteiger partial charge in [-0.15, -0.1) is 0 Å². The maximum absolute atomic E-state index is 11.9. The summed E-state index contributed by atoms with van der Waals surface area (Å²) < 4.78 is 4.99. The lowest BCUT2D eigenvalue weighted by Gasteiger charge is -2.06. The summed E-state index contributed by atoms with van der Waals surface area (Å²) in [6.45, 7) is 0.627. The molecule has 1 fully saturated rings. The molecule has 86 valence electrons. The number of Topliss-reactive ketones (excluding diaryl/α,β-unsaturated/α-hetero) is 1. The van der Waals surface area contributed by atoms with E-state index in [-0.39, 0.29) is 17.5 Å². The van der Waals surface area contributed by atoms with Gasteiger partial charge in [-0.05, 0) is 37.0 Å². The first-order valence-corrected chi connectivity index (χ1v) is 5.57. The van der Waals surface area contributed by atoms with Crippen LogP contribution in [-0.4, -0.2) is 24.6 Å². The lowest BCUT2D eigenvalue weighted by molar-refractivity contribution is 0.0965. The highest BCUT2D eigenvalue weighted by Gasteiger charge is 2.31. The van der Waals surface area contributed by atoms with E-state index in [1.165, 1.54) is 0 Å². The Labute approximate surface area is 95.0 Å². The molecule has 1 aliphatic carbocycles. The molecule has 0 amide bonds. The molecule has 0 unspecified atom stereocenters. The summed E-state index contributed by atoms with van der Waals surface area (Å²) >= 11 is 0. The number of ether oxygens (including phenoxy) is 1. The summed E-state index contributed by atoms with van der Waals surface area (Å²) in [5, 5.41) is 9.66. The molecule has 1 aromatic rings. The van der Waals surface area contributed by atoms with E-state index in [0.717, 1.165) is 24.8 Å². The van der Waals surface area contributed by atoms with E-state index >= 15 is 0 Å². The van der Waals surface area contributed by atoms with Gasteiger partial charge in [0.05, 0.1) is 12.2 Å². The molecule has 1 saturated carbocycles. The van der Waals surface area contributed by atoms with E-state index in [2.05, 4.69) is 0 Å². The highest BCUT2D eigenvalue weighted by molar-refractivity contribution is 6.01. The smallest absolute Gasteiger partial charge is 0.169 e. The van der Waals surface area contributed by atoms with Crippen molar-refractivity contribution in [3.8, 4) is 5.75 Å². The van der Waals surface area contributed by atoms with Crippen LogP contribution in [0.3, 0.4) is 0 Å². The van der Waals surface area contributed by atoms with Gasteiger partial charge in [0.2, 0.25) is 0 Å².